The zero-order valence-electron chi connectivity index (χ0n) is 23.7. The summed E-state index contributed by atoms with van der Waals surface area (Å²) in [4.78, 5) is 28.7. The van der Waals surface area contributed by atoms with Crippen LogP contribution in [0.25, 0.3) is 0 Å². The summed E-state index contributed by atoms with van der Waals surface area (Å²) in [6.45, 7) is 11.5. The summed E-state index contributed by atoms with van der Waals surface area (Å²) in [5.74, 6) is -0.717. The summed E-state index contributed by atoms with van der Waals surface area (Å²) in [6.07, 6.45) is 0.387. The predicted molar refractivity (Wildman–Crippen MR) is 156 cm³/mol. The molecule has 0 aliphatic carbocycles. The number of carbonyl (C=O) groups excluding carboxylic acids is 2. The number of hydrogen-bond acceptors (Lipinski definition) is 4. The number of sulfonamides is 1. The Hall–Kier alpha value is -3.65. The van der Waals surface area contributed by atoms with Gasteiger partial charge in [-0.25, -0.2) is 8.42 Å². The Bertz CT molecular complexity index is 1400. The van der Waals surface area contributed by atoms with E-state index in [0.717, 1.165) is 27.8 Å². The van der Waals surface area contributed by atoms with E-state index in [1.54, 1.807) is 36.4 Å². The first-order valence-electron chi connectivity index (χ1n) is 13.3. The monoisotopic (exact) mass is 549 g/mol. The number of nitrogens with one attached hydrogen (secondary N) is 1. The number of nitrogens with zero attached hydrogens (tertiary/aromatic N) is 2. The lowest BCUT2D eigenvalue weighted by Gasteiger charge is -2.33. The molecule has 7 nitrogen and oxygen atoms in total. The van der Waals surface area contributed by atoms with E-state index in [2.05, 4.69) is 5.32 Å². The third-order valence-electron chi connectivity index (χ3n) is 6.94. The number of anilines is 1. The molecule has 8 heteroatoms. The van der Waals surface area contributed by atoms with Gasteiger partial charge in [0.2, 0.25) is 11.8 Å². The van der Waals surface area contributed by atoms with E-state index in [9.17, 15) is 18.0 Å². The maximum atomic E-state index is 14.1. The van der Waals surface area contributed by atoms with Crippen LogP contribution in [-0.2, 0) is 26.2 Å². The first kappa shape index (κ1) is 29.9. The quantitative estimate of drug-likeness (QED) is 0.362. The minimum atomic E-state index is -4.09. The minimum Gasteiger partial charge on any atom is -0.355 e. The Morgan fingerprint density at radius 2 is 1.44 bits per heavy atom. The molecule has 1 N–H and O–H groups in total. The highest BCUT2D eigenvalue weighted by atomic mass is 32.2. The molecule has 3 aromatic rings. The van der Waals surface area contributed by atoms with Crippen molar-refractivity contribution in [3.63, 3.8) is 0 Å². The molecular formula is C31H39N3O4S. The maximum absolute atomic E-state index is 14.1. The molecule has 0 saturated carbocycles. The molecule has 0 aromatic heterocycles. The Kier molecular flexibility index (Phi) is 9.92. The summed E-state index contributed by atoms with van der Waals surface area (Å²) >= 11 is 0. The van der Waals surface area contributed by atoms with Gasteiger partial charge in [0.15, 0.2) is 0 Å². The molecule has 0 spiro atoms. The average Bonchev–Trinajstić information content (AvgIpc) is 2.90. The Morgan fingerprint density at radius 3 is 2.00 bits per heavy atom. The molecule has 0 aliphatic heterocycles. The van der Waals surface area contributed by atoms with Crippen LogP contribution in [0.4, 0.5) is 5.69 Å². The van der Waals surface area contributed by atoms with Gasteiger partial charge < -0.3 is 10.2 Å². The van der Waals surface area contributed by atoms with Gasteiger partial charge in [0.05, 0.1) is 10.6 Å². The van der Waals surface area contributed by atoms with Crippen LogP contribution >= 0.6 is 0 Å². The molecule has 0 aliphatic rings. The molecule has 3 aromatic carbocycles. The zero-order chi connectivity index (χ0) is 28.7. The van der Waals surface area contributed by atoms with E-state index < -0.39 is 28.5 Å². The summed E-state index contributed by atoms with van der Waals surface area (Å²) in [6, 6.07) is 19.0. The Morgan fingerprint density at radius 1 is 0.846 bits per heavy atom. The maximum Gasteiger partial charge on any atom is 0.264 e. The fourth-order valence-electron chi connectivity index (χ4n) is 4.46. The van der Waals surface area contributed by atoms with Crippen LogP contribution in [0.5, 0.6) is 0 Å². The third-order valence-corrected chi connectivity index (χ3v) is 8.72. The first-order chi connectivity index (χ1) is 18.5. The lowest BCUT2D eigenvalue weighted by molar-refractivity contribution is -0.140. The van der Waals surface area contributed by atoms with Crippen molar-refractivity contribution in [3.8, 4) is 0 Å². The van der Waals surface area contributed by atoms with Crippen LogP contribution in [0.3, 0.4) is 0 Å². The third kappa shape index (κ3) is 7.06. The van der Waals surface area contributed by atoms with Crippen molar-refractivity contribution in [2.24, 2.45) is 0 Å². The highest BCUT2D eigenvalue weighted by Gasteiger charge is 2.34. The highest BCUT2D eigenvalue weighted by Crippen LogP contribution is 2.29. The number of hydrogen-bond donors (Lipinski definition) is 1. The molecule has 39 heavy (non-hydrogen) atoms. The molecular weight excluding hydrogens is 510 g/mol. The van der Waals surface area contributed by atoms with Crippen molar-refractivity contribution in [2.45, 2.75) is 65.4 Å². The van der Waals surface area contributed by atoms with Gasteiger partial charge in [-0.1, -0.05) is 66.6 Å². The summed E-state index contributed by atoms with van der Waals surface area (Å²) in [5, 5.41) is 2.83. The zero-order valence-corrected chi connectivity index (χ0v) is 24.5. The number of likely N-dealkylation sites (N-methyl/N-ethyl adjacent to an activating group) is 1. The van der Waals surface area contributed by atoms with E-state index in [1.165, 1.54) is 9.21 Å². The van der Waals surface area contributed by atoms with Crippen LogP contribution in [0.2, 0.25) is 0 Å². The molecule has 208 valence electrons. The number of aryl methyl sites for hydroxylation is 3. The van der Waals surface area contributed by atoms with E-state index >= 15 is 0 Å². The summed E-state index contributed by atoms with van der Waals surface area (Å²) < 4.78 is 29.2. The molecule has 0 bridgehead atoms. The average molecular weight is 550 g/mol. The number of amides is 2. The molecule has 0 saturated heterocycles. The van der Waals surface area contributed by atoms with Crippen molar-refractivity contribution in [1.29, 1.82) is 0 Å². The van der Waals surface area contributed by atoms with Crippen LogP contribution in [0.1, 0.15) is 48.1 Å². The summed E-state index contributed by atoms with van der Waals surface area (Å²) in [7, 11) is -4.09. The lowest BCUT2D eigenvalue weighted by Crippen LogP contribution is -2.52. The van der Waals surface area contributed by atoms with Crippen molar-refractivity contribution < 1.29 is 18.0 Å². The van der Waals surface area contributed by atoms with Gasteiger partial charge in [0, 0.05) is 13.1 Å². The molecule has 1 atom stereocenters. The molecule has 3 rings (SSSR count). The van der Waals surface area contributed by atoms with Gasteiger partial charge in [-0.2, -0.15) is 0 Å². The van der Waals surface area contributed by atoms with Crippen LogP contribution in [-0.4, -0.2) is 44.3 Å². The lowest BCUT2D eigenvalue weighted by atomic mass is 10.1. The van der Waals surface area contributed by atoms with Gasteiger partial charge in [0.25, 0.3) is 10.0 Å². The minimum absolute atomic E-state index is 0.0997. The van der Waals surface area contributed by atoms with Crippen molar-refractivity contribution in [2.75, 3.05) is 17.4 Å². The molecule has 0 fully saturated rings. The topological polar surface area (TPSA) is 86.8 Å². The van der Waals surface area contributed by atoms with Gasteiger partial charge in [-0.15, -0.1) is 0 Å². The number of rotatable bonds is 11. The van der Waals surface area contributed by atoms with Gasteiger partial charge >= 0.3 is 0 Å². The smallest absolute Gasteiger partial charge is 0.264 e. The van der Waals surface area contributed by atoms with Gasteiger partial charge in [-0.05, 0) is 75.9 Å². The van der Waals surface area contributed by atoms with Crippen molar-refractivity contribution in [1.82, 2.24) is 10.2 Å². The number of benzene rings is 3. The van der Waals surface area contributed by atoms with Gasteiger partial charge in [0.1, 0.15) is 12.6 Å². The molecule has 0 radical (unpaired) electrons. The van der Waals surface area contributed by atoms with E-state index in [0.29, 0.717) is 18.7 Å². The second-order valence-electron chi connectivity index (χ2n) is 9.87. The standard InChI is InChI=1S/C31H39N3O4S/c1-7-28(31(36)32-8-2)33(20-26-16-12-22(3)13-17-26)30(35)21-34(29-11-9-10-24(5)25(29)6)39(37,38)27-18-14-23(4)15-19-27/h9-19,28H,7-8,20-21H2,1-6H3,(H,32,36)/t28-/m0/s1. The fraction of sp³-hybridized carbons (Fsp3) is 0.355. The van der Waals surface area contributed by atoms with E-state index in [1.807, 2.05) is 71.9 Å². The Balaban J connectivity index is 2.10. The first-order valence-corrected chi connectivity index (χ1v) is 14.7. The van der Waals surface area contributed by atoms with E-state index in [4.69, 9.17) is 0 Å². The second kappa shape index (κ2) is 12.9. The van der Waals surface area contributed by atoms with Crippen molar-refractivity contribution >= 4 is 27.5 Å². The van der Waals surface area contributed by atoms with Crippen LogP contribution in [0, 0.1) is 27.7 Å². The normalized spacial score (nSPS) is 12.1. The summed E-state index contributed by atoms with van der Waals surface area (Å²) in [5.41, 5.74) is 4.98. The largest absolute Gasteiger partial charge is 0.355 e. The molecule has 0 heterocycles. The fourth-order valence-corrected chi connectivity index (χ4v) is 5.93. The molecule has 0 unspecified atom stereocenters. The highest BCUT2D eigenvalue weighted by molar-refractivity contribution is 7.92. The molecule has 2 amide bonds. The Labute approximate surface area is 232 Å². The predicted octanol–water partition coefficient (Wildman–Crippen LogP) is 5.06. The number of carbonyl (C=O) groups is 2. The second-order valence-corrected chi connectivity index (χ2v) is 11.7. The van der Waals surface area contributed by atoms with Crippen molar-refractivity contribution in [3.05, 3.63) is 94.5 Å². The SMILES string of the molecule is CCNC(=O)[C@H](CC)N(Cc1ccc(C)cc1)C(=O)CN(c1cccc(C)c1C)S(=O)(=O)c1ccc(C)cc1. The van der Waals surface area contributed by atoms with Crippen LogP contribution in [0.15, 0.2) is 71.6 Å². The van der Waals surface area contributed by atoms with Gasteiger partial charge in [-0.3, -0.25) is 13.9 Å². The van der Waals surface area contributed by atoms with Crippen LogP contribution < -0.4 is 9.62 Å². The van der Waals surface area contributed by atoms with E-state index in [-0.39, 0.29) is 17.3 Å².